The van der Waals surface area contributed by atoms with Gasteiger partial charge in [0, 0.05) is 15.8 Å². The number of carbonyl (C=O) groups is 1. The Hall–Kier alpha value is -0.190. The van der Waals surface area contributed by atoms with Gasteiger partial charge in [-0.05, 0) is 53.6 Å². The summed E-state index contributed by atoms with van der Waals surface area (Å²) in [7, 11) is 0. The molecule has 5 heteroatoms. The fraction of sp³-hybridized carbons (Fsp3) is 0.500. The lowest BCUT2D eigenvalue weighted by Crippen LogP contribution is -2.39. The lowest BCUT2D eigenvalue weighted by molar-refractivity contribution is 0.0928. The minimum absolute atomic E-state index is 0.0712. The van der Waals surface area contributed by atoms with E-state index >= 15 is 0 Å². The number of hydrogen-bond donors (Lipinski definition) is 1. The maximum absolute atomic E-state index is 12.3. The molecule has 1 N–H and O–H groups in total. The molecule has 2 nitrogen and oxygen atoms in total. The Kier molecular flexibility index (Phi) is 5.60. The van der Waals surface area contributed by atoms with Crippen LogP contribution in [0.5, 0.6) is 0 Å². The highest BCUT2D eigenvalue weighted by molar-refractivity contribution is 9.10. The molecular weight excluding hydrogens is 346 g/mol. The third-order valence-corrected chi connectivity index (χ3v) is 5.88. The van der Waals surface area contributed by atoms with Crippen molar-refractivity contribution in [2.45, 2.75) is 37.0 Å². The molecule has 0 radical (unpaired) electrons. The molecule has 2 unspecified atom stereocenters. The molecule has 1 aliphatic rings. The summed E-state index contributed by atoms with van der Waals surface area (Å²) in [5, 5.41) is 4.26. The predicted molar refractivity (Wildman–Crippen MR) is 86.2 cm³/mol. The summed E-state index contributed by atoms with van der Waals surface area (Å²) in [5.41, 5.74) is 0.544. The van der Waals surface area contributed by atoms with Gasteiger partial charge in [-0.3, -0.25) is 4.79 Å². The topological polar surface area (TPSA) is 29.1 Å². The second-order valence-corrected chi connectivity index (χ2v) is 7.17. The first-order chi connectivity index (χ1) is 9.11. The molecule has 0 saturated heterocycles. The number of hydrogen-bond acceptors (Lipinski definition) is 2. The summed E-state index contributed by atoms with van der Waals surface area (Å²) in [6, 6.07) is 5.70. The van der Waals surface area contributed by atoms with E-state index in [4.69, 9.17) is 11.6 Å². The van der Waals surface area contributed by atoms with Crippen molar-refractivity contribution in [1.82, 2.24) is 5.32 Å². The van der Waals surface area contributed by atoms with Crippen molar-refractivity contribution in [3.8, 4) is 0 Å². The van der Waals surface area contributed by atoms with Gasteiger partial charge in [-0.25, -0.2) is 0 Å². The molecule has 0 aliphatic heterocycles. The van der Waals surface area contributed by atoms with Crippen LogP contribution in [0.25, 0.3) is 0 Å². The molecule has 1 amide bonds. The molecule has 0 aromatic heterocycles. The molecule has 104 valence electrons. The van der Waals surface area contributed by atoms with E-state index in [1.807, 2.05) is 23.9 Å². The van der Waals surface area contributed by atoms with E-state index in [1.165, 1.54) is 12.8 Å². The van der Waals surface area contributed by atoms with Crippen molar-refractivity contribution >= 4 is 45.2 Å². The Balaban J connectivity index is 2.02. The highest BCUT2D eigenvalue weighted by atomic mass is 79.9. The van der Waals surface area contributed by atoms with Crippen LogP contribution in [-0.4, -0.2) is 23.5 Å². The van der Waals surface area contributed by atoms with Gasteiger partial charge in [-0.15, -0.1) is 0 Å². The molecule has 1 aromatic rings. The maximum Gasteiger partial charge on any atom is 0.253 e. The lowest BCUT2D eigenvalue weighted by atomic mass is 9.94. The van der Waals surface area contributed by atoms with Gasteiger partial charge in [0.15, 0.2) is 0 Å². The first kappa shape index (κ1) is 15.2. The average molecular weight is 363 g/mol. The quantitative estimate of drug-likeness (QED) is 0.857. The van der Waals surface area contributed by atoms with E-state index in [9.17, 15) is 4.79 Å². The van der Waals surface area contributed by atoms with Crippen LogP contribution in [0.4, 0.5) is 0 Å². The van der Waals surface area contributed by atoms with Crippen LogP contribution in [0.3, 0.4) is 0 Å². The molecule has 0 spiro atoms. The van der Waals surface area contributed by atoms with Crippen molar-refractivity contribution in [1.29, 1.82) is 0 Å². The highest BCUT2D eigenvalue weighted by Gasteiger charge is 2.23. The van der Waals surface area contributed by atoms with Gasteiger partial charge in [-0.1, -0.05) is 24.1 Å². The van der Waals surface area contributed by atoms with Crippen LogP contribution in [0.15, 0.2) is 22.7 Å². The number of thioether (sulfide) groups is 1. The minimum atomic E-state index is -0.0712. The zero-order valence-electron chi connectivity index (χ0n) is 10.8. The highest BCUT2D eigenvalue weighted by Crippen LogP contribution is 2.29. The van der Waals surface area contributed by atoms with E-state index in [1.54, 1.807) is 6.07 Å². The fourth-order valence-electron chi connectivity index (χ4n) is 2.43. The number of amides is 1. The first-order valence-electron chi connectivity index (χ1n) is 6.39. The number of benzene rings is 1. The summed E-state index contributed by atoms with van der Waals surface area (Å²) in [4.78, 5) is 12.3. The van der Waals surface area contributed by atoms with E-state index in [0.717, 1.165) is 17.3 Å². The van der Waals surface area contributed by atoms with Crippen molar-refractivity contribution < 1.29 is 4.79 Å². The van der Waals surface area contributed by atoms with Crippen molar-refractivity contribution in [3.05, 3.63) is 33.3 Å². The standard InChI is InChI=1S/C14H17BrClNOS/c1-19-10-5-2-4-9(8-10)17-14(18)11-6-3-7-12(15)13(11)16/h3,6-7,9-10H,2,4-5,8H2,1H3,(H,17,18). The summed E-state index contributed by atoms with van der Waals surface area (Å²) in [6.45, 7) is 0. The summed E-state index contributed by atoms with van der Waals surface area (Å²) < 4.78 is 0.757. The molecule has 1 aromatic carbocycles. The average Bonchev–Trinajstić information content (AvgIpc) is 2.42. The largest absolute Gasteiger partial charge is 0.349 e. The number of halogens is 2. The molecule has 2 rings (SSSR count). The van der Waals surface area contributed by atoms with Crippen LogP contribution in [-0.2, 0) is 0 Å². The van der Waals surface area contributed by atoms with Crippen LogP contribution in [0.1, 0.15) is 36.0 Å². The molecule has 1 aliphatic carbocycles. The van der Waals surface area contributed by atoms with Crippen LogP contribution < -0.4 is 5.32 Å². The van der Waals surface area contributed by atoms with Gasteiger partial charge < -0.3 is 5.32 Å². The Labute approximate surface area is 131 Å². The van der Waals surface area contributed by atoms with E-state index in [-0.39, 0.29) is 11.9 Å². The summed E-state index contributed by atoms with van der Waals surface area (Å²) >= 11 is 11.4. The maximum atomic E-state index is 12.3. The summed E-state index contributed by atoms with van der Waals surface area (Å²) in [6.07, 6.45) is 6.70. The van der Waals surface area contributed by atoms with E-state index in [0.29, 0.717) is 15.8 Å². The zero-order chi connectivity index (χ0) is 13.8. The third-order valence-electron chi connectivity index (χ3n) is 3.49. The van der Waals surface area contributed by atoms with Crippen LogP contribution in [0, 0.1) is 0 Å². The lowest BCUT2D eigenvalue weighted by Gasteiger charge is -2.28. The predicted octanol–water partition coefficient (Wildman–Crippen LogP) is 4.51. The first-order valence-corrected chi connectivity index (χ1v) is 8.85. The van der Waals surface area contributed by atoms with Gasteiger partial charge in [0.25, 0.3) is 5.91 Å². The second-order valence-electron chi connectivity index (χ2n) is 4.80. The van der Waals surface area contributed by atoms with Gasteiger partial charge in [0.2, 0.25) is 0 Å². The van der Waals surface area contributed by atoms with E-state index < -0.39 is 0 Å². The van der Waals surface area contributed by atoms with Crippen molar-refractivity contribution in [2.75, 3.05) is 6.26 Å². The molecule has 0 bridgehead atoms. The van der Waals surface area contributed by atoms with E-state index in [2.05, 4.69) is 27.5 Å². The van der Waals surface area contributed by atoms with Crippen molar-refractivity contribution in [3.63, 3.8) is 0 Å². The SMILES string of the molecule is CSC1CCCC(NC(=O)c2cccc(Br)c2Cl)C1. The van der Waals surface area contributed by atoms with Crippen molar-refractivity contribution in [2.24, 2.45) is 0 Å². The molecular formula is C14H17BrClNOS. The Morgan fingerprint density at radius 1 is 1.47 bits per heavy atom. The van der Waals surface area contributed by atoms with Gasteiger partial charge in [0.1, 0.15) is 0 Å². The number of nitrogens with one attached hydrogen (secondary N) is 1. The second kappa shape index (κ2) is 7.00. The molecule has 0 heterocycles. The molecule has 1 saturated carbocycles. The molecule has 1 fully saturated rings. The fourth-order valence-corrected chi connectivity index (χ4v) is 3.84. The smallest absolute Gasteiger partial charge is 0.253 e. The van der Waals surface area contributed by atoms with Crippen LogP contribution in [0.2, 0.25) is 5.02 Å². The number of rotatable bonds is 3. The van der Waals surface area contributed by atoms with Gasteiger partial charge in [0.05, 0.1) is 10.6 Å². The minimum Gasteiger partial charge on any atom is -0.349 e. The Morgan fingerprint density at radius 2 is 2.26 bits per heavy atom. The van der Waals surface area contributed by atoms with Crippen LogP contribution >= 0.6 is 39.3 Å². The normalized spacial score (nSPS) is 23.1. The zero-order valence-corrected chi connectivity index (χ0v) is 13.9. The van der Waals surface area contributed by atoms with Gasteiger partial charge >= 0.3 is 0 Å². The Bertz CT molecular complexity index is 469. The molecule has 19 heavy (non-hydrogen) atoms. The number of carbonyl (C=O) groups excluding carboxylic acids is 1. The molecule has 2 atom stereocenters. The Morgan fingerprint density at radius 3 is 3.00 bits per heavy atom. The van der Waals surface area contributed by atoms with Gasteiger partial charge in [-0.2, -0.15) is 11.8 Å². The third kappa shape index (κ3) is 3.89. The monoisotopic (exact) mass is 361 g/mol. The summed E-state index contributed by atoms with van der Waals surface area (Å²) in [5.74, 6) is -0.0712.